The second-order valence-corrected chi connectivity index (χ2v) is 6.22. The van der Waals surface area contributed by atoms with Crippen LogP contribution in [0.1, 0.15) is 41.0 Å². The average molecular weight is 258 g/mol. The van der Waals surface area contributed by atoms with Gasteiger partial charge in [0.25, 0.3) is 0 Å². The van der Waals surface area contributed by atoms with E-state index in [2.05, 4.69) is 4.74 Å². The van der Waals surface area contributed by atoms with Crippen LogP contribution in [0.4, 0.5) is 0 Å². The summed E-state index contributed by atoms with van der Waals surface area (Å²) in [5, 5.41) is 9.44. The van der Waals surface area contributed by atoms with Crippen molar-refractivity contribution >= 4 is 11.9 Å². The predicted molar refractivity (Wildman–Crippen MR) is 65.1 cm³/mol. The van der Waals surface area contributed by atoms with E-state index in [1.807, 2.05) is 27.7 Å². The van der Waals surface area contributed by atoms with Gasteiger partial charge in [-0.2, -0.15) is 0 Å². The molecule has 2 atom stereocenters. The molecule has 0 aromatic carbocycles. The third-order valence-corrected chi connectivity index (χ3v) is 3.82. The molecule has 104 valence electrons. The second-order valence-electron chi connectivity index (χ2n) is 6.22. The smallest absolute Gasteiger partial charge is 0.323 e. The van der Waals surface area contributed by atoms with Crippen LogP contribution in [0, 0.1) is 11.3 Å². The lowest BCUT2D eigenvalue weighted by molar-refractivity contribution is -0.175. The van der Waals surface area contributed by atoms with Gasteiger partial charge in [0.2, 0.25) is 0 Å². The van der Waals surface area contributed by atoms with Crippen LogP contribution < -0.4 is 0 Å². The lowest BCUT2D eigenvalue weighted by Crippen LogP contribution is -2.50. The minimum absolute atomic E-state index is 0.440. The number of rotatable bonds is 3. The van der Waals surface area contributed by atoms with E-state index in [1.165, 1.54) is 14.0 Å². The average Bonchev–Trinajstić information content (AvgIpc) is 2.44. The summed E-state index contributed by atoms with van der Waals surface area (Å²) in [5.41, 5.74) is -2.73. The summed E-state index contributed by atoms with van der Waals surface area (Å²) < 4.78 is 10.5. The van der Waals surface area contributed by atoms with Crippen LogP contribution in [0.3, 0.4) is 0 Å². The van der Waals surface area contributed by atoms with E-state index < -0.39 is 34.5 Å². The van der Waals surface area contributed by atoms with Gasteiger partial charge >= 0.3 is 11.9 Å². The van der Waals surface area contributed by atoms with E-state index in [0.717, 1.165) is 0 Å². The fourth-order valence-electron chi connectivity index (χ4n) is 3.05. The Kier molecular flexibility index (Phi) is 3.51. The third kappa shape index (κ3) is 2.23. The van der Waals surface area contributed by atoms with Crippen LogP contribution in [0.15, 0.2) is 0 Å². The summed E-state index contributed by atoms with van der Waals surface area (Å²) in [4.78, 5) is 23.5. The molecule has 5 heteroatoms. The molecule has 0 saturated carbocycles. The van der Waals surface area contributed by atoms with E-state index in [-0.39, 0.29) is 0 Å². The third-order valence-electron chi connectivity index (χ3n) is 3.82. The number of hydrogen-bond acceptors (Lipinski definition) is 4. The standard InChI is InChI=1S/C13H22O5/c1-11(2)7-8(12(3,4)18-11)13(5,9(14)15)10(16)17-6/h8H,7H2,1-6H3,(H,14,15). The second kappa shape index (κ2) is 4.23. The Morgan fingerprint density at radius 3 is 2.11 bits per heavy atom. The maximum Gasteiger partial charge on any atom is 0.323 e. The van der Waals surface area contributed by atoms with E-state index in [1.54, 1.807) is 0 Å². The van der Waals surface area contributed by atoms with Gasteiger partial charge in [-0.3, -0.25) is 9.59 Å². The molecule has 0 aromatic heterocycles. The maximum absolute atomic E-state index is 11.9. The highest BCUT2D eigenvalue weighted by Gasteiger charge is 2.61. The molecule has 1 aliphatic rings. The highest BCUT2D eigenvalue weighted by atomic mass is 16.5. The van der Waals surface area contributed by atoms with Crippen molar-refractivity contribution in [1.29, 1.82) is 0 Å². The van der Waals surface area contributed by atoms with E-state index in [4.69, 9.17) is 4.74 Å². The van der Waals surface area contributed by atoms with Crippen molar-refractivity contribution in [3.05, 3.63) is 0 Å². The molecule has 0 radical (unpaired) electrons. The van der Waals surface area contributed by atoms with Crippen molar-refractivity contribution in [2.45, 2.75) is 52.2 Å². The summed E-state index contributed by atoms with van der Waals surface area (Å²) in [5.74, 6) is -2.34. The molecule has 5 nitrogen and oxygen atoms in total. The molecule has 18 heavy (non-hydrogen) atoms. The van der Waals surface area contributed by atoms with E-state index >= 15 is 0 Å². The number of carbonyl (C=O) groups is 2. The number of aliphatic carboxylic acids is 1. The summed E-state index contributed by atoms with van der Waals surface area (Å²) >= 11 is 0. The number of carboxylic acids is 1. The lowest BCUT2D eigenvalue weighted by Gasteiger charge is -2.36. The normalized spacial score (nSPS) is 28.4. The Hall–Kier alpha value is -1.10. The monoisotopic (exact) mass is 258 g/mol. The van der Waals surface area contributed by atoms with Crippen molar-refractivity contribution in [1.82, 2.24) is 0 Å². The van der Waals surface area contributed by atoms with Gasteiger partial charge in [-0.15, -0.1) is 0 Å². The molecule has 2 unspecified atom stereocenters. The highest BCUT2D eigenvalue weighted by Crippen LogP contribution is 2.50. The van der Waals surface area contributed by atoms with Crippen LogP contribution in [0.25, 0.3) is 0 Å². The fraction of sp³-hybridized carbons (Fsp3) is 0.846. The first-order chi connectivity index (χ1) is 7.97. The van der Waals surface area contributed by atoms with Gasteiger partial charge in [0, 0.05) is 5.92 Å². The number of esters is 1. The van der Waals surface area contributed by atoms with Crippen LogP contribution >= 0.6 is 0 Å². The van der Waals surface area contributed by atoms with Crippen LogP contribution in [0.2, 0.25) is 0 Å². The lowest BCUT2D eigenvalue weighted by atomic mass is 9.67. The van der Waals surface area contributed by atoms with Crippen molar-refractivity contribution in [2.75, 3.05) is 7.11 Å². The maximum atomic E-state index is 11.9. The Balaban J connectivity index is 3.24. The molecule has 1 fully saturated rings. The number of carbonyl (C=O) groups excluding carboxylic acids is 1. The molecule has 0 bridgehead atoms. The van der Waals surface area contributed by atoms with Crippen LogP contribution in [-0.4, -0.2) is 35.4 Å². The van der Waals surface area contributed by atoms with Gasteiger partial charge in [-0.25, -0.2) is 0 Å². The number of ether oxygens (including phenoxy) is 2. The van der Waals surface area contributed by atoms with Gasteiger partial charge in [-0.05, 0) is 41.0 Å². The van der Waals surface area contributed by atoms with Gasteiger partial charge < -0.3 is 14.6 Å². The minimum atomic E-state index is -1.59. The summed E-state index contributed by atoms with van der Waals surface area (Å²) in [6, 6.07) is 0. The van der Waals surface area contributed by atoms with Gasteiger partial charge in [0.1, 0.15) is 0 Å². The minimum Gasteiger partial charge on any atom is -0.480 e. The van der Waals surface area contributed by atoms with Crippen LogP contribution in [-0.2, 0) is 19.1 Å². The zero-order valence-corrected chi connectivity index (χ0v) is 11.9. The zero-order chi connectivity index (χ0) is 14.4. The molecule has 0 aliphatic carbocycles. The molecular weight excluding hydrogens is 236 g/mol. The van der Waals surface area contributed by atoms with Crippen molar-refractivity contribution in [3.63, 3.8) is 0 Å². The SMILES string of the molecule is COC(=O)C(C)(C(=O)O)C1CC(C)(C)OC1(C)C. The van der Waals surface area contributed by atoms with E-state index in [9.17, 15) is 14.7 Å². The van der Waals surface area contributed by atoms with Gasteiger partial charge in [0.05, 0.1) is 18.3 Å². The number of methoxy groups -OCH3 is 1. The Morgan fingerprint density at radius 2 is 1.83 bits per heavy atom. The molecule has 1 rings (SSSR count). The van der Waals surface area contributed by atoms with Crippen molar-refractivity contribution < 1.29 is 24.2 Å². The first kappa shape index (κ1) is 15.0. The van der Waals surface area contributed by atoms with Crippen molar-refractivity contribution in [2.24, 2.45) is 11.3 Å². The highest BCUT2D eigenvalue weighted by molar-refractivity contribution is 5.99. The molecule has 0 aromatic rings. The first-order valence-electron chi connectivity index (χ1n) is 5.99. The van der Waals surface area contributed by atoms with Crippen molar-refractivity contribution in [3.8, 4) is 0 Å². The summed E-state index contributed by atoms with van der Waals surface area (Å²) in [6.07, 6.45) is 0.498. The Labute approximate surface area is 107 Å². The molecule has 1 N–H and O–H groups in total. The predicted octanol–water partition coefficient (Wildman–Crippen LogP) is 1.84. The zero-order valence-electron chi connectivity index (χ0n) is 11.9. The van der Waals surface area contributed by atoms with Crippen LogP contribution in [0.5, 0.6) is 0 Å². The molecule has 1 aliphatic heterocycles. The molecular formula is C13H22O5. The topological polar surface area (TPSA) is 72.8 Å². The quantitative estimate of drug-likeness (QED) is 0.617. The van der Waals surface area contributed by atoms with Gasteiger partial charge in [-0.1, -0.05) is 0 Å². The number of carboxylic acid groups (broad SMARTS) is 1. The largest absolute Gasteiger partial charge is 0.480 e. The summed E-state index contributed by atoms with van der Waals surface area (Å²) in [7, 11) is 1.21. The fourth-order valence-corrected chi connectivity index (χ4v) is 3.05. The van der Waals surface area contributed by atoms with E-state index in [0.29, 0.717) is 6.42 Å². The molecule has 1 heterocycles. The molecule has 0 spiro atoms. The number of hydrogen-bond donors (Lipinski definition) is 1. The summed E-state index contributed by atoms with van der Waals surface area (Å²) in [6.45, 7) is 8.84. The van der Waals surface area contributed by atoms with Gasteiger partial charge in [0.15, 0.2) is 5.41 Å². The Morgan fingerprint density at radius 1 is 1.33 bits per heavy atom. The molecule has 1 saturated heterocycles. The first-order valence-corrected chi connectivity index (χ1v) is 5.99. The Bertz CT molecular complexity index is 372. The molecule has 0 amide bonds.